The minimum absolute atomic E-state index is 0.0382. The van der Waals surface area contributed by atoms with Gasteiger partial charge in [0, 0.05) is 51.8 Å². The quantitative estimate of drug-likeness (QED) is 0.0418. The summed E-state index contributed by atoms with van der Waals surface area (Å²) in [6.07, 6.45) is 0. The molecule has 0 saturated carbocycles. The first kappa shape index (κ1) is 73.2. The number of aromatic nitrogens is 9. The van der Waals surface area contributed by atoms with Gasteiger partial charge in [-0.3, -0.25) is 0 Å². The molecule has 11 aromatic carbocycles. The van der Waals surface area contributed by atoms with Crippen LogP contribution in [0.25, 0.3) is 102 Å². The van der Waals surface area contributed by atoms with Crippen molar-refractivity contribution in [2.45, 2.75) is 6.92 Å². The summed E-state index contributed by atoms with van der Waals surface area (Å²) in [6.45, 7) is 2.10. The normalized spacial score (nSPS) is 10.6. The standard InChI is InChI=1S/C34H25N3O2.C26H24N4O4.C25H22N4O6/c1-39-29-20-21-30(31(38)22-29)34-36-32(27-16-12-25(13-17-27)23-8-4-2-5-9-23)35-33(37-34)28-18-14-26(15-19-28)24-10-6-3-7-11-24;1-4-34-25(31)19-5-11-20(12-6-19)27-26-29-23(17-7-13-21(32-2)14-8-17)28-24(30-26)18-9-15-22(33-3)16-10-18;1-33-16-8-10-18(20(30)12-16)22-27-23(19-11-9-17(34-2)13-21(19)31)29-25(28-22)26-15-6-4-14(5-7-15)24(32)35-3/h2-22,38H,1H3;5-16H,4H2,1-3H3,(H,27,28,29,30);4-13,30-31H,1-3H3,(H,26,27,28,29). The Morgan fingerprint density at radius 1 is 0.296 bits per heavy atom. The number of carbonyl (C=O) groups excluding carboxylic acids is 2. The van der Waals surface area contributed by atoms with E-state index in [1.165, 1.54) is 33.5 Å². The van der Waals surface area contributed by atoms with Gasteiger partial charge < -0.3 is 59.1 Å². The van der Waals surface area contributed by atoms with Crippen molar-refractivity contribution in [3.8, 4) is 148 Å². The van der Waals surface area contributed by atoms with Gasteiger partial charge in [-0.25, -0.2) is 34.5 Å². The molecule has 0 atom stereocenters. The lowest BCUT2D eigenvalue weighted by atomic mass is 10.0. The summed E-state index contributed by atoms with van der Waals surface area (Å²) < 4.78 is 35.8. The van der Waals surface area contributed by atoms with Crippen molar-refractivity contribution >= 4 is 35.2 Å². The summed E-state index contributed by atoms with van der Waals surface area (Å²) in [4.78, 5) is 65.2. The lowest BCUT2D eigenvalue weighted by Crippen LogP contribution is -2.05. The molecule has 0 saturated heterocycles. The van der Waals surface area contributed by atoms with Gasteiger partial charge >= 0.3 is 11.9 Å². The zero-order chi connectivity index (χ0) is 75.5. The number of hydrogen-bond acceptors (Lipinski definition) is 23. The van der Waals surface area contributed by atoms with Gasteiger partial charge in [0.2, 0.25) is 11.9 Å². The van der Waals surface area contributed by atoms with Gasteiger partial charge in [-0.2, -0.15) is 19.9 Å². The predicted molar refractivity (Wildman–Crippen MR) is 413 cm³/mol. The molecule has 0 fully saturated rings. The van der Waals surface area contributed by atoms with E-state index in [0.29, 0.717) is 92.4 Å². The molecule has 0 bridgehead atoms. The predicted octanol–water partition coefficient (Wildman–Crippen LogP) is 17.2. The number of phenols is 3. The molecule has 538 valence electrons. The van der Waals surface area contributed by atoms with Gasteiger partial charge in [0.15, 0.2) is 40.8 Å². The first-order valence-electron chi connectivity index (χ1n) is 33.7. The molecule has 0 aliphatic carbocycles. The van der Waals surface area contributed by atoms with E-state index in [0.717, 1.165) is 61.7 Å². The van der Waals surface area contributed by atoms with Crippen LogP contribution in [0.5, 0.6) is 46.0 Å². The zero-order valence-corrected chi connectivity index (χ0v) is 59.6. The lowest BCUT2D eigenvalue weighted by Gasteiger charge is -2.12. The van der Waals surface area contributed by atoms with Crippen molar-refractivity contribution in [1.29, 1.82) is 0 Å². The van der Waals surface area contributed by atoms with Crippen LogP contribution in [-0.4, -0.2) is 121 Å². The summed E-state index contributed by atoms with van der Waals surface area (Å²) in [7, 11) is 9.10. The third-order valence-corrected chi connectivity index (χ3v) is 16.7. The molecular weight excluding hydrogens is 1370 g/mol. The lowest BCUT2D eigenvalue weighted by molar-refractivity contribution is 0.0525. The average Bonchev–Trinajstić information content (AvgIpc) is 0.794. The molecule has 0 aliphatic heterocycles. The van der Waals surface area contributed by atoms with Crippen LogP contribution in [-0.2, 0) is 9.47 Å². The van der Waals surface area contributed by atoms with E-state index in [1.54, 1.807) is 119 Å². The van der Waals surface area contributed by atoms with Crippen LogP contribution < -0.4 is 34.3 Å². The Morgan fingerprint density at radius 2 is 0.565 bits per heavy atom. The first-order valence-corrected chi connectivity index (χ1v) is 33.7. The van der Waals surface area contributed by atoms with Gasteiger partial charge in [-0.15, -0.1) is 0 Å². The monoisotopic (exact) mass is 1440 g/mol. The molecule has 3 aromatic heterocycles. The first-order chi connectivity index (χ1) is 52.7. The smallest absolute Gasteiger partial charge is 0.338 e. The van der Waals surface area contributed by atoms with Gasteiger partial charge in [-0.1, -0.05) is 109 Å². The third kappa shape index (κ3) is 18.1. The summed E-state index contributed by atoms with van der Waals surface area (Å²) in [5, 5.41) is 38.1. The Morgan fingerprint density at radius 3 is 0.889 bits per heavy atom. The van der Waals surface area contributed by atoms with Crippen molar-refractivity contribution in [3.05, 3.63) is 272 Å². The molecule has 5 N–H and O–H groups in total. The molecular formula is C85H71N11O12. The molecule has 0 amide bonds. The van der Waals surface area contributed by atoms with Crippen LogP contribution in [0.1, 0.15) is 27.6 Å². The molecule has 0 unspecified atom stereocenters. The number of aromatic hydroxyl groups is 3. The maximum atomic E-state index is 11.9. The number of ether oxygens (including phenoxy) is 7. The largest absolute Gasteiger partial charge is 0.507 e. The molecule has 108 heavy (non-hydrogen) atoms. The second kappa shape index (κ2) is 34.6. The molecule has 23 heteroatoms. The maximum Gasteiger partial charge on any atom is 0.338 e. The number of esters is 2. The van der Waals surface area contributed by atoms with Crippen molar-refractivity contribution < 1.29 is 58.1 Å². The molecule has 14 aromatic rings. The zero-order valence-electron chi connectivity index (χ0n) is 59.6. The number of hydrogen-bond donors (Lipinski definition) is 5. The summed E-state index contributed by atoms with van der Waals surface area (Å²) in [5.74, 6) is 5.33. The molecule has 0 spiro atoms. The van der Waals surface area contributed by atoms with Crippen molar-refractivity contribution in [3.63, 3.8) is 0 Å². The van der Waals surface area contributed by atoms with Crippen molar-refractivity contribution in [1.82, 2.24) is 44.9 Å². The van der Waals surface area contributed by atoms with E-state index >= 15 is 0 Å². The van der Waals surface area contributed by atoms with E-state index in [-0.39, 0.29) is 40.8 Å². The van der Waals surface area contributed by atoms with E-state index in [1.807, 2.05) is 109 Å². The second-order valence-electron chi connectivity index (χ2n) is 23.5. The Kier molecular flexibility index (Phi) is 23.4. The second-order valence-corrected chi connectivity index (χ2v) is 23.5. The van der Waals surface area contributed by atoms with E-state index in [2.05, 4.69) is 89.1 Å². The Labute approximate surface area is 621 Å². The molecule has 3 heterocycles. The van der Waals surface area contributed by atoms with Gasteiger partial charge in [-0.05, 0) is 163 Å². The minimum Gasteiger partial charge on any atom is -0.507 e. The van der Waals surface area contributed by atoms with Crippen LogP contribution in [0.15, 0.2) is 261 Å². The van der Waals surface area contributed by atoms with E-state index in [9.17, 15) is 24.9 Å². The number of nitrogens with one attached hydrogen (secondary N) is 2. The fraction of sp³-hybridized carbons (Fsp3) is 0.0941. The van der Waals surface area contributed by atoms with Crippen LogP contribution in [0.3, 0.4) is 0 Å². The summed E-state index contributed by atoms with van der Waals surface area (Å²) in [5.41, 5.74) is 11.2. The summed E-state index contributed by atoms with van der Waals surface area (Å²) >= 11 is 0. The highest BCUT2D eigenvalue weighted by molar-refractivity contribution is 5.90. The highest BCUT2D eigenvalue weighted by Gasteiger charge is 2.21. The number of methoxy groups -OCH3 is 6. The van der Waals surface area contributed by atoms with Gasteiger partial charge in [0.25, 0.3) is 0 Å². The van der Waals surface area contributed by atoms with Crippen molar-refractivity contribution in [2.75, 3.05) is 59.9 Å². The minimum atomic E-state index is -0.453. The number of phenolic OH excluding ortho intramolecular Hbond substituents is 3. The molecule has 0 aliphatic rings. The number of rotatable bonds is 21. The third-order valence-electron chi connectivity index (χ3n) is 16.7. The average molecular weight is 1440 g/mol. The van der Waals surface area contributed by atoms with Crippen molar-refractivity contribution in [2.24, 2.45) is 0 Å². The van der Waals surface area contributed by atoms with Crippen LogP contribution >= 0.6 is 0 Å². The Hall–Kier alpha value is -14.6. The van der Waals surface area contributed by atoms with E-state index < -0.39 is 5.97 Å². The highest BCUT2D eigenvalue weighted by atomic mass is 16.5. The topological polar surface area (TPSA) is 300 Å². The van der Waals surface area contributed by atoms with Crippen LogP contribution in [0, 0.1) is 0 Å². The van der Waals surface area contributed by atoms with Crippen LogP contribution in [0.4, 0.5) is 23.3 Å². The number of nitrogens with zero attached hydrogens (tertiary/aromatic N) is 9. The van der Waals surface area contributed by atoms with Gasteiger partial charge in [0.05, 0.1) is 77.1 Å². The molecule has 14 rings (SSSR count). The SMILES string of the molecule is CCOC(=O)c1ccc(Nc2nc(-c3ccc(OC)cc3)nc(-c3ccc(OC)cc3)n2)cc1.COC(=O)c1ccc(Nc2nc(-c3ccc(OC)cc3O)nc(-c3ccc(OC)cc3O)n2)cc1.COc1ccc(-c2nc(-c3ccc(-c4ccccc4)cc3)nc(-c3ccc(-c4ccccc4)cc3)n2)c(O)c1. The Balaban J connectivity index is 0.000000152. The number of carbonyl (C=O) groups is 2. The number of benzene rings is 11. The highest BCUT2D eigenvalue weighted by Crippen LogP contribution is 2.38. The summed E-state index contributed by atoms with van der Waals surface area (Å²) in [6, 6.07) is 79.8. The van der Waals surface area contributed by atoms with Gasteiger partial charge in [0.1, 0.15) is 46.0 Å². The fourth-order valence-corrected chi connectivity index (χ4v) is 10.9. The number of anilines is 4. The fourth-order valence-electron chi connectivity index (χ4n) is 10.9. The maximum absolute atomic E-state index is 11.9. The van der Waals surface area contributed by atoms with E-state index in [4.69, 9.17) is 48.1 Å². The molecule has 0 radical (unpaired) electrons. The van der Waals surface area contributed by atoms with Crippen LogP contribution in [0.2, 0.25) is 0 Å². The Bertz CT molecular complexity index is 5180. The molecule has 23 nitrogen and oxygen atoms in total.